The topological polar surface area (TPSA) is 50.7 Å². The summed E-state index contributed by atoms with van der Waals surface area (Å²) >= 11 is 0. The van der Waals surface area contributed by atoms with Gasteiger partial charge in [0.2, 0.25) is 0 Å². The van der Waals surface area contributed by atoms with Gasteiger partial charge >= 0.3 is 0 Å². The third-order valence-electron chi connectivity index (χ3n) is 3.32. The molecule has 1 unspecified atom stereocenters. The van der Waals surface area contributed by atoms with Gasteiger partial charge in [-0.3, -0.25) is 0 Å². The van der Waals surface area contributed by atoms with E-state index in [1.165, 1.54) is 16.3 Å². The Balaban J connectivity index is 1.77. The first-order valence-electron chi connectivity index (χ1n) is 7.23. The summed E-state index contributed by atoms with van der Waals surface area (Å²) in [6.45, 7) is 2.63. The summed E-state index contributed by atoms with van der Waals surface area (Å²) in [6, 6.07) is 14.6. The number of nitrogens with one attached hydrogen (secondary N) is 1. The monoisotopic (exact) mass is 289 g/mol. The van der Waals surface area contributed by atoms with Gasteiger partial charge in [0.15, 0.2) is 0 Å². The van der Waals surface area contributed by atoms with Gasteiger partial charge in [-0.05, 0) is 16.3 Å². The number of ether oxygens (including phenoxy) is 2. The Morgan fingerprint density at radius 2 is 1.90 bits per heavy atom. The lowest BCUT2D eigenvalue weighted by Gasteiger charge is -2.13. The molecule has 0 aliphatic carbocycles. The minimum absolute atomic E-state index is 0.325. The largest absolute Gasteiger partial charge is 0.389 e. The van der Waals surface area contributed by atoms with E-state index in [1.54, 1.807) is 7.11 Å². The van der Waals surface area contributed by atoms with Crippen LogP contribution in [0.15, 0.2) is 42.5 Å². The molecule has 0 bridgehead atoms. The van der Waals surface area contributed by atoms with Gasteiger partial charge in [-0.15, -0.1) is 0 Å². The molecule has 0 fully saturated rings. The molecule has 0 amide bonds. The van der Waals surface area contributed by atoms with Gasteiger partial charge in [0.1, 0.15) is 0 Å². The maximum atomic E-state index is 9.81. The number of rotatable bonds is 9. The number of hydrogen-bond donors (Lipinski definition) is 2. The maximum Gasteiger partial charge on any atom is 0.0897 e. The Hall–Kier alpha value is -1.46. The second kappa shape index (κ2) is 8.74. The van der Waals surface area contributed by atoms with Gasteiger partial charge in [-0.2, -0.15) is 0 Å². The molecule has 2 rings (SSSR count). The molecule has 0 saturated carbocycles. The molecule has 114 valence electrons. The molecule has 0 radical (unpaired) electrons. The van der Waals surface area contributed by atoms with Gasteiger partial charge in [0, 0.05) is 20.2 Å². The van der Waals surface area contributed by atoms with Crippen molar-refractivity contribution in [3.05, 3.63) is 48.0 Å². The smallest absolute Gasteiger partial charge is 0.0897 e. The van der Waals surface area contributed by atoms with Crippen LogP contribution >= 0.6 is 0 Å². The highest BCUT2D eigenvalue weighted by Crippen LogP contribution is 2.18. The molecule has 0 heterocycles. The van der Waals surface area contributed by atoms with E-state index in [9.17, 15) is 5.11 Å². The zero-order valence-corrected chi connectivity index (χ0v) is 12.4. The fraction of sp³-hybridized carbons (Fsp3) is 0.412. The van der Waals surface area contributed by atoms with Crippen LogP contribution in [0.5, 0.6) is 0 Å². The third-order valence-corrected chi connectivity index (χ3v) is 3.32. The predicted molar refractivity (Wildman–Crippen MR) is 84.4 cm³/mol. The van der Waals surface area contributed by atoms with Crippen LogP contribution in [0.4, 0.5) is 0 Å². The van der Waals surface area contributed by atoms with Gasteiger partial charge in [0.25, 0.3) is 0 Å². The van der Waals surface area contributed by atoms with Gasteiger partial charge in [-0.25, -0.2) is 0 Å². The van der Waals surface area contributed by atoms with E-state index < -0.39 is 6.10 Å². The molecule has 2 aromatic rings. The summed E-state index contributed by atoms with van der Waals surface area (Å²) < 4.78 is 10.2. The average molecular weight is 289 g/mol. The molecule has 0 saturated heterocycles. The lowest BCUT2D eigenvalue weighted by Crippen LogP contribution is -2.30. The van der Waals surface area contributed by atoms with Crippen LogP contribution in [0.1, 0.15) is 5.56 Å². The Labute approximate surface area is 125 Å². The summed E-state index contributed by atoms with van der Waals surface area (Å²) in [6.07, 6.45) is -0.503. The van der Waals surface area contributed by atoms with Crippen molar-refractivity contribution in [3.8, 4) is 0 Å². The van der Waals surface area contributed by atoms with Crippen LogP contribution in [0, 0.1) is 0 Å². The molecule has 1 atom stereocenters. The number of methoxy groups -OCH3 is 1. The van der Waals surface area contributed by atoms with Crippen molar-refractivity contribution in [1.29, 1.82) is 0 Å². The molecule has 0 spiro atoms. The van der Waals surface area contributed by atoms with E-state index in [0.29, 0.717) is 26.4 Å². The molecule has 2 aromatic carbocycles. The number of fused-ring (bicyclic) bond motifs is 1. The van der Waals surface area contributed by atoms with Crippen molar-refractivity contribution < 1.29 is 14.6 Å². The summed E-state index contributed by atoms with van der Waals surface area (Å²) in [5.41, 5.74) is 1.24. The zero-order chi connectivity index (χ0) is 14.9. The third kappa shape index (κ3) is 5.10. The van der Waals surface area contributed by atoms with Crippen molar-refractivity contribution in [2.75, 3.05) is 33.5 Å². The number of benzene rings is 2. The molecular weight excluding hydrogens is 266 g/mol. The van der Waals surface area contributed by atoms with E-state index >= 15 is 0 Å². The first kappa shape index (κ1) is 15.9. The minimum Gasteiger partial charge on any atom is -0.389 e. The van der Waals surface area contributed by atoms with Crippen LogP contribution < -0.4 is 5.32 Å². The lowest BCUT2D eigenvalue weighted by molar-refractivity contribution is 0.0137. The molecule has 0 aliphatic rings. The van der Waals surface area contributed by atoms with Crippen molar-refractivity contribution in [2.45, 2.75) is 12.6 Å². The van der Waals surface area contributed by atoms with Crippen molar-refractivity contribution in [1.82, 2.24) is 5.32 Å². The van der Waals surface area contributed by atoms with Crippen molar-refractivity contribution in [3.63, 3.8) is 0 Å². The van der Waals surface area contributed by atoms with Crippen LogP contribution in [0.3, 0.4) is 0 Å². The lowest BCUT2D eigenvalue weighted by atomic mass is 10.0. The summed E-state index contributed by atoms with van der Waals surface area (Å²) in [4.78, 5) is 0. The average Bonchev–Trinajstić information content (AvgIpc) is 2.52. The van der Waals surface area contributed by atoms with E-state index in [4.69, 9.17) is 9.47 Å². The first-order chi connectivity index (χ1) is 10.3. The predicted octanol–water partition coefficient (Wildman–Crippen LogP) is 1.95. The van der Waals surface area contributed by atoms with Crippen molar-refractivity contribution in [2.24, 2.45) is 0 Å². The normalized spacial score (nSPS) is 12.7. The van der Waals surface area contributed by atoms with E-state index in [2.05, 4.69) is 35.6 Å². The van der Waals surface area contributed by atoms with Crippen LogP contribution in [-0.4, -0.2) is 44.7 Å². The SMILES string of the molecule is COCCOCC(O)CNCc1cccc2ccccc12. The van der Waals surface area contributed by atoms with Crippen molar-refractivity contribution >= 4 is 10.8 Å². The minimum atomic E-state index is -0.503. The van der Waals surface area contributed by atoms with E-state index in [1.807, 2.05) is 12.1 Å². The fourth-order valence-corrected chi connectivity index (χ4v) is 2.24. The zero-order valence-electron chi connectivity index (χ0n) is 12.4. The molecule has 21 heavy (non-hydrogen) atoms. The Morgan fingerprint density at radius 1 is 1.10 bits per heavy atom. The maximum absolute atomic E-state index is 9.81. The van der Waals surface area contributed by atoms with Gasteiger partial charge in [-0.1, -0.05) is 42.5 Å². The highest BCUT2D eigenvalue weighted by Gasteiger charge is 2.05. The standard InChI is InChI=1S/C17H23NO3/c1-20-9-10-21-13-16(19)12-18-11-15-7-4-6-14-5-2-3-8-17(14)15/h2-8,16,18-19H,9-13H2,1H3. The van der Waals surface area contributed by atoms with E-state index in [0.717, 1.165) is 6.54 Å². The van der Waals surface area contributed by atoms with Crippen LogP contribution in [0.25, 0.3) is 10.8 Å². The molecular formula is C17H23NO3. The second-order valence-corrected chi connectivity index (χ2v) is 4.99. The summed E-state index contributed by atoms with van der Waals surface area (Å²) in [5, 5.41) is 15.6. The highest BCUT2D eigenvalue weighted by molar-refractivity contribution is 5.85. The second-order valence-electron chi connectivity index (χ2n) is 4.99. The van der Waals surface area contributed by atoms with Crippen LogP contribution in [0.2, 0.25) is 0 Å². The highest BCUT2D eigenvalue weighted by atomic mass is 16.5. The van der Waals surface area contributed by atoms with Gasteiger partial charge in [0.05, 0.1) is 25.9 Å². The van der Waals surface area contributed by atoms with E-state index in [-0.39, 0.29) is 0 Å². The number of hydrogen-bond acceptors (Lipinski definition) is 4. The van der Waals surface area contributed by atoms with Gasteiger partial charge < -0.3 is 19.9 Å². The first-order valence-corrected chi connectivity index (χ1v) is 7.23. The Bertz CT molecular complexity index is 539. The summed E-state index contributed by atoms with van der Waals surface area (Å²) in [7, 11) is 1.63. The molecule has 0 aromatic heterocycles. The summed E-state index contributed by atoms with van der Waals surface area (Å²) in [5.74, 6) is 0. The van der Waals surface area contributed by atoms with Crippen LogP contribution in [-0.2, 0) is 16.0 Å². The Kier molecular flexibility index (Phi) is 6.63. The Morgan fingerprint density at radius 3 is 2.76 bits per heavy atom. The molecule has 4 heteroatoms. The molecule has 0 aliphatic heterocycles. The quantitative estimate of drug-likeness (QED) is 0.693. The molecule has 4 nitrogen and oxygen atoms in total. The fourth-order valence-electron chi connectivity index (χ4n) is 2.24. The number of aliphatic hydroxyl groups is 1. The molecule has 2 N–H and O–H groups in total. The number of aliphatic hydroxyl groups excluding tert-OH is 1.